The summed E-state index contributed by atoms with van der Waals surface area (Å²) >= 11 is 5.79. The number of methoxy groups -OCH3 is 1. The first-order chi connectivity index (χ1) is 6.69. The van der Waals surface area contributed by atoms with Crippen molar-refractivity contribution in [3.63, 3.8) is 0 Å². The van der Waals surface area contributed by atoms with Crippen LogP contribution in [0.25, 0.3) is 0 Å². The van der Waals surface area contributed by atoms with Gasteiger partial charge in [-0.15, -0.1) is 0 Å². The number of isocyanates is 1. The Balaban J connectivity index is 3.13. The topological polar surface area (TPSA) is 38.7 Å². The molecular formula is C10H10ClNO2. The first kappa shape index (κ1) is 10.8. The predicted molar refractivity (Wildman–Crippen MR) is 54.5 cm³/mol. The zero-order valence-electron chi connectivity index (χ0n) is 7.95. The van der Waals surface area contributed by atoms with Crippen LogP contribution in [0, 0.1) is 0 Å². The molecule has 0 N–H and O–H groups in total. The van der Waals surface area contributed by atoms with Crippen LogP contribution in [-0.2, 0) is 4.79 Å². The first-order valence-corrected chi connectivity index (χ1v) is 4.47. The van der Waals surface area contributed by atoms with Gasteiger partial charge in [0.2, 0.25) is 6.08 Å². The fourth-order valence-corrected chi connectivity index (χ4v) is 1.34. The lowest BCUT2D eigenvalue weighted by Gasteiger charge is -2.10. The third-order valence-electron chi connectivity index (χ3n) is 1.89. The number of benzene rings is 1. The number of hydrogen-bond donors (Lipinski definition) is 0. The highest BCUT2D eigenvalue weighted by molar-refractivity contribution is 6.30. The molecule has 3 nitrogen and oxygen atoms in total. The van der Waals surface area contributed by atoms with E-state index < -0.39 is 0 Å². The van der Waals surface area contributed by atoms with E-state index >= 15 is 0 Å². The van der Waals surface area contributed by atoms with Gasteiger partial charge in [-0.25, -0.2) is 4.79 Å². The van der Waals surface area contributed by atoms with E-state index in [4.69, 9.17) is 16.3 Å². The number of halogens is 1. The predicted octanol–water partition coefficient (Wildman–Crippen LogP) is 2.75. The normalized spacial score (nSPS) is 11.6. The van der Waals surface area contributed by atoms with Crippen LogP contribution in [0.4, 0.5) is 0 Å². The molecule has 1 aromatic rings. The van der Waals surface area contributed by atoms with Crippen molar-refractivity contribution >= 4 is 17.7 Å². The van der Waals surface area contributed by atoms with Crippen LogP contribution in [0.1, 0.15) is 18.5 Å². The van der Waals surface area contributed by atoms with Crippen molar-refractivity contribution in [2.24, 2.45) is 4.99 Å². The van der Waals surface area contributed by atoms with Gasteiger partial charge in [0.1, 0.15) is 5.75 Å². The molecule has 1 unspecified atom stereocenters. The van der Waals surface area contributed by atoms with Gasteiger partial charge in [-0.3, -0.25) is 0 Å². The smallest absolute Gasteiger partial charge is 0.235 e. The molecule has 0 aromatic heterocycles. The Labute approximate surface area is 87.4 Å². The van der Waals surface area contributed by atoms with E-state index in [0.717, 1.165) is 5.56 Å². The molecule has 74 valence electrons. The van der Waals surface area contributed by atoms with Crippen molar-refractivity contribution in [1.29, 1.82) is 0 Å². The molecule has 0 heterocycles. The van der Waals surface area contributed by atoms with Crippen LogP contribution in [0.5, 0.6) is 5.75 Å². The number of carbonyl (C=O) groups excluding carboxylic acids is 1. The molecule has 1 rings (SSSR count). The zero-order valence-corrected chi connectivity index (χ0v) is 8.71. The minimum Gasteiger partial charge on any atom is -0.496 e. The third kappa shape index (κ3) is 2.34. The van der Waals surface area contributed by atoms with Gasteiger partial charge in [0.15, 0.2) is 0 Å². The second-order valence-corrected chi connectivity index (χ2v) is 3.22. The maximum absolute atomic E-state index is 10.1. The van der Waals surface area contributed by atoms with Gasteiger partial charge in [0.05, 0.1) is 13.2 Å². The molecule has 1 atom stereocenters. The van der Waals surface area contributed by atoms with Crippen LogP contribution < -0.4 is 4.74 Å². The van der Waals surface area contributed by atoms with E-state index in [1.165, 1.54) is 6.08 Å². The molecule has 0 spiro atoms. The zero-order chi connectivity index (χ0) is 10.6. The van der Waals surface area contributed by atoms with Crippen LogP contribution in [0.3, 0.4) is 0 Å². The summed E-state index contributed by atoms with van der Waals surface area (Å²) in [7, 11) is 1.55. The monoisotopic (exact) mass is 211 g/mol. The maximum atomic E-state index is 10.1. The minimum atomic E-state index is -0.264. The quantitative estimate of drug-likeness (QED) is 0.570. The number of nitrogens with zero attached hydrogens (tertiary/aromatic N) is 1. The van der Waals surface area contributed by atoms with Crippen LogP contribution in [0.15, 0.2) is 23.2 Å². The average Bonchev–Trinajstić information content (AvgIpc) is 2.17. The molecule has 1 aromatic carbocycles. The number of hydrogen-bond acceptors (Lipinski definition) is 3. The highest BCUT2D eigenvalue weighted by atomic mass is 35.5. The summed E-state index contributed by atoms with van der Waals surface area (Å²) in [6, 6.07) is 4.94. The Hall–Kier alpha value is -1.31. The molecule has 0 saturated heterocycles. The minimum absolute atomic E-state index is 0.264. The fraction of sp³-hybridized carbons (Fsp3) is 0.300. The van der Waals surface area contributed by atoms with Crippen LogP contribution in [0.2, 0.25) is 5.02 Å². The van der Waals surface area contributed by atoms with Crippen molar-refractivity contribution in [1.82, 2.24) is 0 Å². The Morgan fingerprint density at radius 1 is 1.57 bits per heavy atom. The molecular weight excluding hydrogens is 202 g/mol. The first-order valence-electron chi connectivity index (χ1n) is 4.09. The summed E-state index contributed by atoms with van der Waals surface area (Å²) < 4.78 is 5.12. The molecule has 4 heteroatoms. The summed E-state index contributed by atoms with van der Waals surface area (Å²) in [5.74, 6) is 0.629. The van der Waals surface area contributed by atoms with Crippen LogP contribution in [-0.4, -0.2) is 13.2 Å². The molecule has 0 aliphatic rings. The third-order valence-corrected chi connectivity index (χ3v) is 2.13. The van der Waals surface area contributed by atoms with Crippen molar-refractivity contribution in [3.05, 3.63) is 28.8 Å². The van der Waals surface area contributed by atoms with Gasteiger partial charge in [-0.05, 0) is 19.1 Å². The molecule has 0 fully saturated rings. The molecule has 14 heavy (non-hydrogen) atoms. The molecule has 0 aliphatic carbocycles. The average molecular weight is 212 g/mol. The SMILES string of the molecule is COc1cc(Cl)ccc1C(C)N=C=O. The Bertz CT molecular complexity index is 372. The van der Waals surface area contributed by atoms with Crippen molar-refractivity contribution in [2.75, 3.05) is 7.11 Å². The van der Waals surface area contributed by atoms with Crippen molar-refractivity contribution < 1.29 is 9.53 Å². The molecule has 0 amide bonds. The van der Waals surface area contributed by atoms with Crippen LogP contribution >= 0.6 is 11.6 Å². The van der Waals surface area contributed by atoms with Gasteiger partial charge in [0, 0.05) is 10.6 Å². The Morgan fingerprint density at radius 3 is 2.86 bits per heavy atom. The van der Waals surface area contributed by atoms with E-state index in [1.54, 1.807) is 32.2 Å². The van der Waals surface area contributed by atoms with E-state index in [9.17, 15) is 4.79 Å². The lowest BCUT2D eigenvalue weighted by molar-refractivity contribution is 0.407. The van der Waals surface area contributed by atoms with Gasteiger partial charge in [-0.2, -0.15) is 4.99 Å². The second-order valence-electron chi connectivity index (χ2n) is 2.78. The van der Waals surface area contributed by atoms with Gasteiger partial charge in [0.25, 0.3) is 0 Å². The largest absolute Gasteiger partial charge is 0.496 e. The Kier molecular flexibility index (Phi) is 3.69. The van der Waals surface area contributed by atoms with Gasteiger partial charge < -0.3 is 4.74 Å². The second kappa shape index (κ2) is 4.80. The Morgan fingerprint density at radius 2 is 2.29 bits per heavy atom. The molecule has 0 radical (unpaired) electrons. The van der Waals surface area contributed by atoms with E-state index in [2.05, 4.69) is 4.99 Å². The fourth-order valence-electron chi connectivity index (χ4n) is 1.18. The van der Waals surface area contributed by atoms with Gasteiger partial charge in [-0.1, -0.05) is 17.7 Å². The molecule has 0 bridgehead atoms. The van der Waals surface area contributed by atoms with Crippen molar-refractivity contribution in [2.45, 2.75) is 13.0 Å². The molecule has 0 aliphatic heterocycles. The number of aliphatic imine (C=N–C) groups is 1. The number of rotatable bonds is 3. The summed E-state index contributed by atoms with van der Waals surface area (Å²) in [6.45, 7) is 1.79. The lowest BCUT2D eigenvalue weighted by atomic mass is 10.1. The van der Waals surface area contributed by atoms with Crippen molar-refractivity contribution in [3.8, 4) is 5.75 Å². The highest BCUT2D eigenvalue weighted by Crippen LogP contribution is 2.29. The van der Waals surface area contributed by atoms with Gasteiger partial charge >= 0.3 is 0 Å². The summed E-state index contributed by atoms with van der Waals surface area (Å²) in [5.41, 5.74) is 0.820. The van der Waals surface area contributed by atoms with E-state index in [1.807, 2.05) is 0 Å². The van der Waals surface area contributed by atoms with E-state index in [0.29, 0.717) is 10.8 Å². The lowest BCUT2D eigenvalue weighted by Crippen LogP contribution is -1.94. The maximum Gasteiger partial charge on any atom is 0.235 e. The molecule has 0 saturated carbocycles. The summed E-state index contributed by atoms with van der Waals surface area (Å²) in [4.78, 5) is 13.7. The standard InChI is InChI=1S/C10H10ClNO2/c1-7(12-6-13)9-4-3-8(11)5-10(9)14-2/h3-5,7H,1-2H3. The highest BCUT2D eigenvalue weighted by Gasteiger charge is 2.10. The summed E-state index contributed by atoms with van der Waals surface area (Å²) in [6.07, 6.45) is 1.52. The number of ether oxygens (including phenoxy) is 1. The van der Waals surface area contributed by atoms with E-state index in [-0.39, 0.29) is 6.04 Å². The summed E-state index contributed by atoms with van der Waals surface area (Å²) in [5, 5.41) is 0.591.